The summed E-state index contributed by atoms with van der Waals surface area (Å²) < 4.78 is 7.33. The number of nitrogens with zero attached hydrogens (tertiary/aromatic N) is 4. The van der Waals surface area contributed by atoms with Crippen molar-refractivity contribution in [3.63, 3.8) is 0 Å². The molecule has 0 saturated carbocycles. The van der Waals surface area contributed by atoms with Gasteiger partial charge in [0.1, 0.15) is 0 Å². The van der Waals surface area contributed by atoms with E-state index in [9.17, 15) is 4.79 Å². The summed E-state index contributed by atoms with van der Waals surface area (Å²) in [4.78, 5) is 11.9. The van der Waals surface area contributed by atoms with Gasteiger partial charge in [0.15, 0.2) is 16.2 Å². The second kappa shape index (κ2) is 5.49. The van der Waals surface area contributed by atoms with Gasteiger partial charge < -0.3 is 9.73 Å². The number of aryl methyl sites for hydroxylation is 1. The van der Waals surface area contributed by atoms with Crippen molar-refractivity contribution in [1.82, 2.24) is 20.0 Å². The van der Waals surface area contributed by atoms with Gasteiger partial charge in [0.25, 0.3) is 5.91 Å². The lowest BCUT2D eigenvalue weighted by molar-refractivity contribution is 0.0995. The average molecular weight is 348 g/mol. The Kier molecular flexibility index (Phi) is 3.53. The van der Waals surface area contributed by atoms with Crippen LogP contribution in [0.5, 0.6) is 0 Å². The largest absolute Gasteiger partial charge is 0.444 e. The van der Waals surface area contributed by atoms with Gasteiger partial charge >= 0.3 is 0 Å². The highest BCUT2D eigenvalue weighted by Gasteiger charge is 2.12. The maximum Gasteiger partial charge on any atom is 0.292 e. The van der Waals surface area contributed by atoms with Crippen LogP contribution in [-0.2, 0) is 7.05 Å². The third-order valence-electron chi connectivity index (χ3n) is 2.70. The zero-order valence-electron chi connectivity index (χ0n) is 10.9. The van der Waals surface area contributed by atoms with Crippen molar-refractivity contribution in [2.24, 2.45) is 7.05 Å². The molecule has 3 aromatic rings. The number of carbonyl (C=O) groups is 1. The third-order valence-corrected chi connectivity index (χ3v) is 3.13. The standard InChI is InChI=1S/C13H10BrN5O2/c1-19-7-8(6-15-19)9-2-5-12(18-17-9)16-13(20)10-3-4-11(14)21-10/h2-7H,1H3,(H,16,18,20). The van der Waals surface area contributed by atoms with E-state index >= 15 is 0 Å². The van der Waals surface area contributed by atoms with E-state index in [4.69, 9.17) is 4.42 Å². The average Bonchev–Trinajstić information content (AvgIpc) is 3.08. The molecule has 0 aromatic carbocycles. The number of halogens is 1. The molecule has 0 aliphatic heterocycles. The van der Waals surface area contributed by atoms with Crippen LogP contribution in [0.3, 0.4) is 0 Å². The highest BCUT2D eigenvalue weighted by Crippen LogP contribution is 2.17. The highest BCUT2D eigenvalue weighted by atomic mass is 79.9. The molecule has 0 saturated heterocycles. The SMILES string of the molecule is Cn1cc(-c2ccc(NC(=O)c3ccc(Br)o3)nn2)cn1. The molecule has 0 atom stereocenters. The minimum atomic E-state index is -0.385. The van der Waals surface area contributed by atoms with Crippen LogP contribution in [0.15, 0.2) is 45.7 Å². The molecular weight excluding hydrogens is 338 g/mol. The van der Waals surface area contributed by atoms with Gasteiger partial charge in [0.2, 0.25) is 0 Å². The molecule has 0 bridgehead atoms. The van der Waals surface area contributed by atoms with Crippen LogP contribution in [0.2, 0.25) is 0 Å². The lowest BCUT2D eigenvalue weighted by Gasteiger charge is -2.02. The van der Waals surface area contributed by atoms with Gasteiger partial charge in [-0.25, -0.2) is 0 Å². The molecular formula is C13H10BrN5O2. The van der Waals surface area contributed by atoms with Gasteiger partial charge in [-0.2, -0.15) is 5.10 Å². The molecule has 1 N–H and O–H groups in total. The summed E-state index contributed by atoms with van der Waals surface area (Å²) in [5.41, 5.74) is 1.54. The number of anilines is 1. The zero-order chi connectivity index (χ0) is 14.8. The van der Waals surface area contributed by atoms with Gasteiger partial charge in [0.05, 0.1) is 11.9 Å². The summed E-state index contributed by atoms with van der Waals surface area (Å²) in [6, 6.07) is 6.64. The number of amides is 1. The predicted molar refractivity (Wildman–Crippen MR) is 78.6 cm³/mol. The van der Waals surface area contributed by atoms with Crippen molar-refractivity contribution in [2.45, 2.75) is 0 Å². The predicted octanol–water partition coefficient (Wildman–Crippen LogP) is 2.48. The Balaban J connectivity index is 1.74. The van der Waals surface area contributed by atoms with Crippen LogP contribution in [0.25, 0.3) is 11.3 Å². The number of carbonyl (C=O) groups excluding carboxylic acids is 1. The topological polar surface area (TPSA) is 85.8 Å². The van der Waals surface area contributed by atoms with E-state index in [1.165, 1.54) is 0 Å². The number of aromatic nitrogens is 4. The van der Waals surface area contributed by atoms with Crippen molar-refractivity contribution in [3.8, 4) is 11.3 Å². The van der Waals surface area contributed by atoms with Crippen LogP contribution in [0.4, 0.5) is 5.82 Å². The Morgan fingerprint density at radius 1 is 1.29 bits per heavy atom. The van der Waals surface area contributed by atoms with E-state index < -0.39 is 0 Å². The molecule has 3 aromatic heterocycles. The molecule has 0 spiro atoms. The Morgan fingerprint density at radius 2 is 2.14 bits per heavy atom. The van der Waals surface area contributed by atoms with Crippen LogP contribution < -0.4 is 5.32 Å². The van der Waals surface area contributed by atoms with E-state index in [0.717, 1.165) is 5.56 Å². The lowest BCUT2D eigenvalue weighted by Crippen LogP contribution is -2.12. The molecule has 0 aliphatic rings. The second-order valence-electron chi connectivity index (χ2n) is 4.26. The molecule has 0 unspecified atom stereocenters. The van der Waals surface area contributed by atoms with Crippen LogP contribution in [0.1, 0.15) is 10.6 Å². The zero-order valence-corrected chi connectivity index (χ0v) is 12.5. The van der Waals surface area contributed by atoms with Gasteiger partial charge in [-0.05, 0) is 40.2 Å². The molecule has 3 rings (SSSR count). The monoisotopic (exact) mass is 347 g/mol. The number of rotatable bonds is 3. The molecule has 8 heteroatoms. The van der Waals surface area contributed by atoms with Crippen molar-refractivity contribution >= 4 is 27.7 Å². The molecule has 0 fully saturated rings. The van der Waals surface area contributed by atoms with Crippen LogP contribution in [-0.4, -0.2) is 25.9 Å². The summed E-state index contributed by atoms with van der Waals surface area (Å²) in [6.45, 7) is 0. The van der Waals surface area contributed by atoms with Crippen molar-refractivity contribution in [3.05, 3.63) is 47.1 Å². The number of furan rings is 1. The molecule has 21 heavy (non-hydrogen) atoms. The van der Waals surface area contributed by atoms with Gasteiger partial charge in [-0.3, -0.25) is 9.48 Å². The van der Waals surface area contributed by atoms with Gasteiger partial charge in [-0.1, -0.05) is 0 Å². The fourth-order valence-electron chi connectivity index (χ4n) is 1.72. The number of nitrogens with one attached hydrogen (secondary N) is 1. The highest BCUT2D eigenvalue weighted by molar-refractivity contribution is 9.10. The van der Waals surface area contributed by atoms with E-state index in [1.54, 1.807) is 35.1 Å². The first-order valence-corrected chi connectivity index (χ1v) is 6.80. The van der Waals surface area contributed by atoms with Crippen molar-refractivity contribution in [2.75, 3.05) is 5.32 Å². The summed E-state index contributed by atoms with van der Waals surface area (Å²) in [5.74, 6) is 0.157. The van der Waals surface area contributed by atoms with Gasteiger partial charge in [-0.15, -0.1) is 10.2 Å². The van der Waals surface area contributed by atoms with E-state index in [0.29, 0.717) is 16.2 Å². The normalized spacial score (nSPS) is 10.6. The summed E-state index contributed by atoms with van der Waals surface area (Å²) in [6.07, 6.45) is 3.53. The molecule has 0 radical (unpaired) electrons. The smallest absolute Gasteiger partial charge is 0.292 e. The number of hydrogen-bond donors (Lipinski definition) is 1. The maximum absolute atomic E-state index is 11.9. The first-order chi connectivity index (χ1) is 10.1. The molecule has 106 valence electrons. The van der Waals surface area contributed by atoms with E-state index in [2.05, 4.69) is 36.5 Å². The molecule has 3 heterocycles. The fourth-order valence-corrected chi connectivity index (χ4v) is 2.03. The minimum Gasteiger partial charge on any atom is -0.444 e. The summed E-state index contributed by atoms with van der Waals surface area (Å²) in [5, 5.41) is 14.7. The van der Waals surface area contributed by atoms with E-state index in [1.807, 2.05) is 13.2 Å². The second-order valence-corrected chi connectivity index (χ2v) is 5.05. The Morgan fingerprint density at radius 3 is 2.71 bits per heavy atom. The Hall–Kier alpha value is -2.48. The molecule has 7 nitrogen and oxygen atoms in total. The quantitative estimate of drug-likeness (QED) is 0.786. The minimum absolute atomic E-state index is 0.194. The Labute approximate surface area is 128 Å². The Bertz CT molecular complexity index is 778. The lowest BCUT2D eigenvalue weighted by atomic mass is 10.2. The van der Waals surface area contributed by atoms with Crippen molar-refractivity contribution in [1.29, 1.82) is 0 Å². The fraction of sp³-hybridized carbons (Fsp3) is 0.0769. The third kappa shape index (κ3) is 3.00. The molecule has 0 aliphatic carbocycles. The van der Waals surface area contributed by atoms with Crippen LogP contribution in [0, 0.1) is 0 Å². The number of hydrogen-bond acceptors (Lipinski definition) is 5. The molecule has 1 amide bonds. The van der Waals surface area contributed by atoms with E-state index in [-0.39, 0.29) is 11.7 Å². The maximum atomic E-state index is 11.9. The summed E-state index contributed by atoms with van der Waals surface area (Å²) >= 11 is 3.14. The van der Waals surface area contributed by atoms with Crippen LogP contribution >= 0.6 is 15.9 Å². The van der Waals surface area contributed by atoms with Gasteiger partial charge in [0, 0.05) is 18.8 Å². The van der Waals surface area contributed by atoms with Crippen molar-refractivity contribution < 1.29 is 9.21 Å². The summed E-state index contributed by atoms with van der Waals surface area (Å²) in [7, 11) is 1.83. The first kappa shape index (κ1) is 13.5. The first-order valence-electron chi connectivity index (χ1n) is 6.01.